The molecule has 0 spiro atoms. The number of hydrogen-bond acceptors (Lipinski definition) is 5. The Bertz CT molecular complexity index is 1420. The molecule has 0 amide bonds. The second-order valence-corrected chi connectivity index (χ2v) is 14.9. The zero-order chi connectivity index (χ0) is 44.9. The van der Waals surface area contributed by atoms with Gasteiger partial charge in [-0.3, -0.25) is 9.59 Å². The number of carbonyl (C=O) groups is 2. The maximum Gasteiger partial charge on any atom is 0.306 e. The third-order valence-electron chi connectivity index (χ3n) is 9.05. The summed E-state index contributed by atoms with van der Waals surface area (Å²) in [4.78, 5) is 25.3. The molecule has 0 saturated carbocycles. The lowest BCUT2D eigenvalue weighted by Gasteiger charge is -2.18. The average Bonchev–Trinajstić information content (AvgIpc) is 3.27. The molecule has 1 unspecified atom stereocenters. The highest BCUT2D eigenvalue weighted by molar-refractivity contribution is 5.70. The first-order valence-electron chi connectivity index (χ1n) is 24.0. The largest absolute Gasteiger partial charge is 0.462 e. The van der Waals surface area contributed by atoms with Crippen LogP contribution in [-0.4, -0.2) is 37.9 Å². The van der Waals surface area contributed by atoms with Crippen molar-refractivity contribution < 1.29 is 23.8 Å². The lowest BCUT2D eigenvalue weighted by atomic mass is 10.2. The molecular formula is C57H86O5. The van der Waals surface area contributed by atoms with Gasteiger partial charge in [0.1, 0.15) is 6.61 Å². The van der Waals surface area contributed by atoms with Crippen LogP contribution >= 0.6 is 0 Å². The Morgan fingerprint density at radius 2 is 0.710 bits per heavy atom. The summed E-state index contributed by atoms with van der Waals surface area (Å²) in [5.41, 5.74) is 0. The van der Waals surface area contributed by atoms with Gasteiger partial charge in [0.2, 0.25) is 0 Å². The molecule has 0 aromatic carbocycles. The summed E-state index contributed by atoms with van der Waals surface area (Å²) in [5, 5.41) is 0. The third-order valence-corrected chi connectivity index (χ3v) is 9.05. The Balaban J connectivity index is 4.55. The van der Waals surface area contributed by atoms with E-state index in [9.17, 15) is 9.59 Å². The molecule has 0 aliphatic carbocycles. The predicted octanol–water partition coefficient (Wildman–Crippen LogP) is 16.3. The van der Waals surface area contributed by atoms with Gasteiger partial charge in [-0.2, -0.15) is 0 Å². The summed E-state index contributed by atoms with van der Waals surface area (Å²) < 4.78 is 17.2. The molecule has 0 heterocycles. The van der Waals surface area contributed by atoms with Gasteiger partial charge in [-0.05, 0) is 122 Å². The second kappa shape index (κ2) is 50.9. The van der Waals surface area contributed by atoms with E-state index in [2.05, 4.69) is 173 Å². The Labute approximate surface area is 380 Å². The Hall–Kier alpha value is -4.48. The van der Waals surface area contributed by atoms with Gasteiger partial charge in [-0.1, -0.05) is 185 Å². The van der Waals surface area contributed by atoms with Crippen molar-refractivity contribution in [2.45, 2.75) is 168 Å². The van der Waals surface area contributed by atoms with Crippen molar-refractivity contribution in [2.24, 2.45) is 0 Å². The minimum absolute atomic E-state index is 0.00203. The molecule has 0 bridgehead atoms. The van der Waals surface area contributed by atoms with E-state index in [1.807, 2.05) is 6.08 Å². The fourth-order valence-corrected chi connectivity index (χ4v) is 5.61. The maximum atomic E-state index is 12.7. The highest BCUT2D eigenvalue weighted by Gasteiger charge is 2.17. The number of rotatable bonds is 41. The first-order chi connectivity index (χ1) is 30.6. The van der Waals surface area contributed by atoms with E-state index >= 15 is 0 Å². The summed E-state index contributed by atoms with van der Waals surface area (Å²) in [7, 11) is 0. The van der Waals surface area contributed by atoms with E-state index in [1.54, 1.807) is 0 Å². The average molecular weight is 851 g/mol. The molecule has 0 saturated heterocycles. The molecule has 1 atom stereocenters. The van der Waals surface area contributed by atoms with Crippen LogP contribution in [0.5, 0.6) is 0 Å². The predicted molar refractivity (Wildman–Crippen MR) is 269 cm³/mol. The summed E-state index contributed by atoms with van der Waals surface area (Å²) in [6.45, 7) is 7.23. The molecular weight excluding hydrogens is 765 g/mol. The number of allylic oxidation sites excluding steroid dienone is 26. The van der Waals surface area contributed by atoms with E-state index in [4.69, 9.17) is 14.2 Å². The molecule has 5 heteroatoms. The normalized spacial score (nSPS) is 13.7. The van der Waals surface area contributed by atoms with Gasteiger partial charge >= 0.3 is 11.9 Å². The highest BCUT2D eigenvalue weighted by Crippen LogP contribution is 2.08. The molecule has 0 N–H and O–H groups in total. The summed E-state index contributed by atoms with van der Waals surface area (Å²) >= 11 is 0. The SMILES string of the molecule is CC/C=C\C/C=C\C/C=C\C/C=C\C/C=C\CCCC(=O)OCC(COCCCCC/C=C\C/C=C\C/C=C\C/C=C\CC)OC(=O)CC/C=C\C/C=C\C/C=C\C/C=C\CC. The van der Waals surface area contributed by atoms with Crippen molar-refractivity contribution in [2.75, 3.05) is 19.8 Å². The molecule has 0 rings (SSSR count). The molecule has 0 fully saturated rings. The number of unbranched alkanes of at least 4 members (excludes halogenated alkanes) is 4. The summed E-state index contributed by atoms with van der Waals surface area (Å²) in [6, 6.07) is 0. The van der Waals surface area contributed by atoms with E-state index in [0.29, 0.717) is 25.9 Å². The Kier molecular flexibility index (Phi) is 47.2. The zero-order valence-electron chi connectivity index (χ0n) is 39.3. The first-order valence-corrected chi connectivity index (χ1v) is 24.0. The van der Waals surface area contributed by atoms with E-state index in [-0.39, 0.29) is 31.6 Å². The summed E-state index contributed by atoms with van der Waals surface area (Å²) in [6.07, 6.45) is 75.6. The second-order valence-electron chi connectivity index (χ2n) is 14.9. The van der Waals surface area contributed by atoms with Gasteiger partial charge in [-0.15, -0.1) is 0 Å². The molecule has 0 aliphatic heterocycles. The molecule has 0 aliphatic rings. The number of hydrogen-bond donors (Lipinski definition) is 0. The van der Waals surface area contributed by atoms with Crippen molar-refractivity contribution >= 4 is 11.9 Å². The van der Waals surface area contributed by atoms with Crippen LogP contribution in [0, 0.1) is 0 Å². The van der Waals surface area contributed by atoms with Gasteiger partial charge < -0.3 is 14.2 Å². The van der Waals surface area contributed by atoms with Crippen molar-refractivity contribution in [3.63, 3.8) is 0 Å². The molecule has 0 aromatic heterocycles. The van der Waals surface area contributed by atoms with Crippen molar-refractivity contribution in [1.29, 1.82) is 0 Å². The first kappa shape index (κ1) is 57.5. The van der Waals surface area contributed by atoms with Crippen LogP contribution in [0.2, 0.25) is 0 Å². The Morgan fingerprint density at radius 3 is 1.11 bits per heavy atom. The minimum Gasteiger partial charge on any atom is -0.462 e. The van der Waals surface area contributed by atoms with Gasteiger partial charge in [0.05, 0.1) is 6.61 Å². The van der Waals surface area contributed by atoms with Crippen molar-refractivity contribution in [1.82, 2.24) is 0 Å². The van der Waals surface area contributed by atoms with E-state index < -0.39 is 6.10 Å². The van der Waals surface area contributed by atoms with Crippen LogP contribution in [0.15, 0.2) is 158 Å². The standard InChI is InChI=1S/C57H86O5/c1-4-7-10-13-16-19-22-25-27-29-30-33-35-38-41-44-47-50-56(58)61-54-55(62-57(59)51-48-45-42-39-36-32-24-21-18-15-12-9-6-3)53-60-52-49-46-43-40-37-34-31-28-26-23-20-17-14-11-8-5-2/h7-12,16-21,25-28,30,32-34,36-38,41-42,45,55H,4-6,13-15,22-24,29,31,35,39-40,43-44,46-54H2,1-3H3/b10-7-,11-8-,12-9-,19-16-,20-17-,21-18-,27-25-,28-26-,33-30-,36-32-,37-34-,41-38-,45-42-. The van der Waals surface area contributed by atoms with E-state index in [0.717, 1.165) is 116 Å². The monoisotopic (exact) mass is 851 g/mol. The van der Waals surface area contributed by atoms with Crippen molar-refractivity contribution in [3.05, 3.63) is 158 Å². The van der Waals surface area contributed by atoms with Crippen molar-refractivity contribution in [3.8, 4) is 0 Å². The number of carbonyl (C=O) groups excluding carboxylic acids is 2. The van der Waals surface area contributed by atoms with Gasteiger partial charge in [0.15, 0.2) is 6.10 Å². The molecule has 62 heavy (non-hydrogen) atoms. The van der Waals surface area contributed by atoms with Crippen LogP contribution in [0.3, 0.4) is 0 Å². The highest BCUT2D eigenvalue weighted by atomic mass is 16.6. The maximum absolute atomic E-state index is 12.7. The molecule has 0 radical (unpaired) electrons. The fourth-order valence-electron chi connectivity index (χ4n) is 5.61. The van der Waals surface area contributed by atoms with Crippen LogP contribution < -0.4 is 0 Å². The molecule has 5 nitrogen and oxygen atoms in total. The smallest absolute Gasteiger partial charge is 0.306 e. The summed E-state index contributed by atoms with van der Waals surface area (Å²) in [5.74, 6) is -0.595. The fraction of sp³-hybridized carbons (Fsp3) is 0.509. The van der Waals surface area contributed by atoms with Crippen LogP contribution in [0.25, 0.3) is 0 Å². The van der Waals surface area contributed by atoms with Crippen LogP contribution in [0.4, 0.5) is 0 Å². The number of ether oxygens (including phenoxy) is 3. The number of esters is 2. The quantitative estimate of drug-likeness (QED) is 0.0348. The van der Waals surface area contributed by atoms with Crippen LogP contribution in [-0.2, 0) is 23.8 Å². The third kappa shape index (κ3) is 48.2. The van der Waals surface area contributed by atoms with Crippen LogP contribution in [0.1, 0.15) is 162 Å². The topological polar surface area (TPSA) is 61.8 Å². The minimum atomic E-state index is -0.626. The molecule has 0 aromatic rings. The molecule has 344 valence electrons. The lowest BCUT2D eigenvalue weighted by Crippen LogP contribution is -2.30. The van der Waals surface area contributed by atoms with Gasteiger partial charge in [-0.25, -0.2) is 0 Å². The zero-order valence-corrected chi connectivity index (χ0v) is 39.3. The van der Waals surface area contributed by atoms with Gasteiger partial charge in [0, 0.05) is 19.4 Å². The van der Waals surface area contributed by atoms with Gasteiger partial charge in [0.25, 0.3) is 0 Å². The van der Waals surface area contributed by atoms with E-state index in [1.165, 1.54) is 0 Å². The lowest BCUT2D eigenvalue weighted by molar-refractivity contribution is -0.162. The Morgan fingerprint density at radius 1 is 0.355 bits per heavy atom.